The number of hydrogen-bond acceptors (Lipinski definition) is 5. The van der Waals surface area contributed by atoms with Gasteiger partial charge in [0.15, 0.2) is 9.84 Å². The van der Waals surface area contributed by atoms with Crippen LogP contribution in [0.15, 0.2) is 18.2 Å². The van der Waals surface area contributed by atoms with E-state index in [1.54, 1.807) is 0 Å². The van der Waals surface area contributed by atoms with Gasteiger partial charge in [0.2, 0.25) is 0 Å². The molecule has 1 fully saturated rings. The smallest absolute Gasteiger partial charge is 0.323 e. The van der Waals surface area contributed by atoms with E-state index in [0.717, 1.165) is 19.2 Å². The van der Waals surface area contributed by atoms with Crippen LogP contribution in [0.2, 0.25) is 0 Å². The Hall–Kier alpha value is -1.54. The van der Waals surface area contributed by atoms with Crippen LogP contribution < -0.4 is 5.32 Å². The standard InChI is InChI=1S/C12H13F2NO4S/c1-19-12(16)10-6-20(17,18)5-9(15-10)11-7(13)3-2-4-8(11)14/h2-4,9-10,15H,5-6H2,1H3. The summed E-state index contributed by atoms with van der Waals surface area (Å²) in [5.41, 5.74) is -0.385. The van der Waals surface area contributed by atoms with E-state index in [1.807, 2.05) is 0 Å². The molecule has 0 radical (unpaired) electrons. The van der Waals surface area contributed by atoms with Crippen molar-refractivity contribution in [2.45, 2.75) is 12.1 Å². The van der Waals surface area contributed by atoms with Crippen molar-refractivity contribution in [3.63, 3.8) is 0 Å². The molecule has 2 unspecified atom stereocenters. The first-order valence-electron chi connectivity index (χ1n) is 5.82. The summed E-state index contributed by atoms with van der Waals surface area (Å²) in [4.78, 5) is 11.5. The topological polar surface area (TPSA) is 72.5 Å². The Bertz CT molecular complexity index is 612. The van der Waals surface area contributed by atoms with E-state index in [9.17, 15) is 22.0 Å². The maximum atomic E-state index is 13.7. The second kappa shape index (κ2) is 5.45. The molecule has 1 N–H and O–H groups in total. The van der Waals surface area contributed by atoms with Crippen LogP contribution in [0.4, 0.5) is 8.78 Å². The van der Waals surface area contributed by atoms with E-state index in [4.69, 9.17) is 0 Å². The molecule has 2 rings (SSSR count). The van der Waals surface area contributed by atoms with Crippen LogP contribution in [0.3, 0.4) is 0 Å². The van der Waals surface area contributed by atoms with E-state index in [2.05, 4.69) is 10.1 Å². The highest BCUT2D eigenvalue weighted by Gasteiger charge is 2.38. The molecule has 8 heteroatoms. The molecule has 0 saturated carbocycles. The van der Waals surface area contributed by atoms with Gasteiger partial charge in [0.05, 0.1) is 24.7 Å². The average Bonchev–Trinajstić information content (AvgIpc) is 2.35. The van der Waals surface area contributed by atoms with E-state index in [-0.39, 0.29) is 5.56 Å². The molecule has 0 aromatic heterocycles. The molecule has 1 saturated heterocycles. The molecule has 1 aliphatic heterocycles. The van der Waals surface area contributed by atoms with Gasteiger partial charge in [-0.3, -0.25) is 10.1 Å². The number of benzene rings is 1. The third-order valence-corrected chi connectivity index (χ3v) is 4.76. The predicted molar refractivity (Wildman–Crippen MR) is 66.7 cm³/mol. The van der Waals surface area contributed by atoms with Gasteiger partial charge >= 0.3 is 5.97 Å². The third kappa shape index (κ3) is 2.96. The Morgan fingerprint density at radius 3 is 2.45 bits per heavy atom. The SMILES string of the molecule is COC(=O)C1CS(=O)(=O)CC(c2c(F)cccc2F)N1. The Morgan fingerprint density at radius 1 is 1.30 bits per heavy atom. The summed E-state index contributed by atoms with van der Waals surface area (Å²) in [5, 5.41) is 2.62. The molecule has 0 bridgehead atoms. The van der Waals surface area contributed by atoms with E-state index >= 15 is 0 Å². The van der Waals surface area contributed by atoms with Crippen molar-refractivity contribution in [2.75, 3.05) is 18.6 Å². The fourth-order valence-corrected chi connectivity index (χ4v) is 3.85. The highest BCUT2D eigenvalue weighted by atomic mass is 32.2. The summed E-state index contributed by atoms with van der Waals surface area (Å²) in [7, 11) is -2.50. The lowest BCUT2D eigenvalue weighted by Gasteiger charge is -2.29. The fraction of sp³-hybridized carbons (Fsp3) is 0.417. The molecule has 1 aliphatic rings. The van der Waals surface area contributed by atoms with Crippen molar-refractivity contribution in [1.29, 1.82) is 0 Å². The van der Waals surface area contributed by atoms with Crippen molar-refractivity contribution in [2.24, 2.45) is 0 Å². The predicted octanol–water partition coefficient (Wildman–Crippen LogP) is 0.565. The minimum Gasteiger partial charge on any atom is -0.468 e. The highest BCUT2D eigenvalue weighted by molar-refractivity contribution is 7.91. The van der Waals surface area contributed by atoms with Gasteiger partial charge in [0.1, 0.15) is 17.7 Å². The van der Waals surface area contributed by atoms with Gasteiger partial charge in [0, 0.05) is 5.56 Å². The highest BCUT2D eigenvalue weighted by Crippen LogP contribution is 2.26. The van der Waals surface area contributed by atoms with Gasteiger partial charge < -0.3 is 4.74 Å². The zero-order valence-corrected chi connectivity index (χ0v) is 11.4. The Morgan fingerprint density at radius 2 is 1.90 bits per heavy atom. The summed E-state index contributed by atoms with van der Waals surface area (Å²) in [5.74, 6) is -3.42. The van der Waals surface area contributed by atoms with Crippen molar-refractivity contribution in [1.82, 2.24) is 5.32 Å². The first-order chi connectivity index (χ1) is 9.34. The maximum absolute atomic E-state index is 13.7. The van der Waals surface area contributed by atoms with Crippen LogP contribution in [-0.2, 0) is 19.4 Å². The molecule has 110 valence electrons. The average molecular weight is 305 g/mol. The van der Waals surface area contributed by atoms with Crippen LogP contribution in [0.25, 0.3) is 0 Å². The van der Waals surface area contributed by atoms with Crippen molar-refractivity contribution >= 4 is 15.8 Å². The van der Waals surface area contributed by atoms with Crippen LogP contribution in [0.5, 0.6) is 0 Å². The molecule has 5 nitrogen and oxygen atoms in total. The van der Waals surface area contributed by atoms with Crippen LogP contribution in [0.1, 0.15) is 11.6 Å². The van der Waals surface area contributed by atoms with Gasteiger partial charge in [-0.1, -0.05) is 6.07 Å². The Kier molecular flexibility index (Phi) is 4.05. The molecule has 1 heterocycles. The molecular weight excluding hydrogens is 292 g/mol. The number of carbonyl (C=O) groups excluding carboxylic acids is 1. The Labute approximate surface area is 114 Å². The summed E-state index contributed by atoms with van der Waals surface area (Å²) in [6.45, 7) is 0. The number of sulfone groups is 1. The third-order valence-electron chi connectivity index (χ3n) is 3.08. The second-order valence-electron chi connectivity index (χ2n) is 4.51. The molecule has 0 aliphatic carbocycles. The minimum absolute atomic E-state index is 0.385. The molecule has 1 aromatic rings. The molecule has 1 aromatic carbocycles. The van der Waals surface area contributed by atoms with Crippen LogP contribution in [0, 0.1) is 11.6 Å². The summed E-state index contributed by atoms with van der Waals surface area (Å²) in [6, 6.07) is 0.994. The number of ether oxygens (including phenoxy) is 1. The zero-order valence-electron chi connectivity index (χ0n) is 10.6. The lowest BCUT2D eigenvalue weighted by molar-refractivity contribution is -0.142. The first kappa shape index (κ1) is 14.9. The summed E-state index contributed by atoms with van der Waals surface area (Å²) >= 11 is 0. The molecule has 0 spiro atoms. The molecular formula is C12H13F2NO4S. The van der Waals surface area contributed by atoms with E-state index < -0.39 is 51.0 Å². The normalized spacial score (nSPS) is 25.1. The number of halogens is 2. The monoisotopic (exact) mass is 305 g/mol. The second-order valence-corrected chi connectivity index (χ2v) is 6.66. The van der Waals surface area contributed by atoms with Gasteiger partial charge in [-0.2, -0.15) is 0 Å². The molecule has 0 amide bonds. The maximum Gasteiger partial charge on any atom is 0.323 e. The van der Waals surface area contributed by atoms with E-state index in [1.165, 1.54) is 6.07 Å². The summed E-state index contributed by atoms with van der Waals surface area (Å²) in [6.07, 6.45) is 0. The van der Waals surface area contributed by atoms with Crippen LogP contribution >= 0.6 is 0 Å². The lowest BCUT2D eigenvalue weighted by Crippen LogP contribution is -2.52. The minimum atomic E-state index is -3.61. The molecule has 2 atom stereocenters. The number of esters is 1. The largest absolute Gasteiger partial charge is 0.468 e. The van der Waals surface area contributed by atoms with Crippen LogP contribution in [-0.4, -0.2) is 39.0 Å². The molecule has 20 heavy (non-hydrogen) atoms. The quantitative estimate of drug-likeness (QED) is 0.809. The van der Waals surface area contributed by atoms with Crippen molar-refractivity contribution < 1.29 is 26.7 Å². The number of nitrogens with one attached hydrogen (secondary N) is 1. The number of hydrogen-bond donors (Lipinski definition) is 1. The van der Waals surface area contributed by atoms with Gasteiger partial charge in [-0.05, 0) is 12.1 Å². The van der Waals surface area contributed by atoms with Gasteiger partial charge in [-0.25, -0.2) is 17.2 Å². The van der Waals surface area contributed by atoms with Crippen molar-refractivity contribution in [3.8, 4) is 0 Å². The van der Waals surface area contributed by atoms with Gasteiger partial charge in [0.25, 0.3) is 0 Å². The van der Waals surface area contributed by atoms with Crippen molar-refractivity contribution in [3.05, 3.63) is 35.4 Å². The first-order valence-corrected chi connectivity index (χ1v) is 7.64. The van der Waals surface area contributed by atoms with Gasteiger partial charge in [-0.15, -0.1) is 0 Å². The van der Waals surface area contributed by atoms with E-state index in [0.29, 0.717) is 0 Å². The number of methoxy groups -OCH3 is 1. The number of carbonyl (C=O) groups is 1. The Balaban J connectivity index is 2.39. The fourth-order valence-electron chi connectivity index (χ4n) is 2.20. The number of rotatable bonds is 2. The summed E-state index contributed by atoms with van der Waals surface area (Å²) < 4.78 is 55.5. The zero-order chi connectivity index (χ0) is 14.9. The lowest BCUT2D eigenvalue weighted by atomic mass is 10.1.